The third-order valence-electron chi connectivity index (χ3n) is 2.24. The van der Waals surface area contributed by atoms with Crippen molar-refractivity contribution in [1.82, 2.24) is 9.38 Å². The topological polar surface area (TPSA) is 17.3 Å². The molecule has 0 radical (unpaired) electrons. The van der Waals surface area contributed by atoms with Gasteiger partial charge in [-0.05, 0) is 12.1 Å². The van der Waals surface area contributed by atoms with Gasteiger partial charge in [-0.25, -0.2) is 4.98 Å². The van der Waals surface area contributed by atoms with Gasteiger partial charge < -0.3 is 4.40 Å². The highest BCUT2D eigenvalue weighted by Gasteiger charge is 2.18. The van der Waals surface area contributed by atoms with Crippen LogP contribution in [-0.2, 0) is 5.41 Å². The van der Waals surface area contributed by atoms with Crippen LogP contribution >= 0.6 is 11.6 Å². The Kier molecular flexibility index (Phi) is 2.04. The number of aromatic nitrogens is 2. The van der Waals surface area contributed by atoms with Crippen LogP contribution < -0.4 is 0 Å². The van der Waals surface area contributed by atoms with E-state index in [-0.39, 0.29) is 5.41 Å². The van der Waals surface area contributed by atoms with Crippen molar-refractivity contribution >= 4 is 17.2 Å². The Bertz CT molecular complexity index is 466. The van der Waals surface area contributed by atoms with Gasteiger partial charge in [0.1, 0.15) is 5.65 Å². The number of imidazole rings is 1. The fraction of sp³-hybridized carbons (Fsp3) is 0.364. The van der Waals surface area contributed by atoms with Crippen molar-refractivity contribution in [1.29, 1.82) is 0 Å². The molecule has 14 heavy (non-hydrogen) atoms. The monoisotopic (exact) mass is 208 g/mol. The summed E-state index contributed by atoms with van der Waals surface area (Å²) in [5.41, 5.74) is 2.21. The molecule has 2 rings (SSSR count). The second-order valence-corrected chi connectivity index (χ2v) is 4.91. The second kappa shape index (κ2) is 2.99. The molecule has 0 aliphatic rings. The molecule has 2 aromatic heterocycles. The van der Waals surface area contributed by atoms with Crippen LogP contribution in [0.1, 0.15) is 26.5 Å². The van der Waals surface area contributed by atoms with Gasteiger partial charge in [-0.2, -0.15) is 0 Å². The van der Waals surface area contributed by atoms with Gasteiger partial charge in [-0.1, -0.05) is 32.4 Å². The van der Waals surface area contributed by atoms with Crippen LogP contribution in [0.5, 0.6) is 0 Å². The van der Waals surface area contributed by atoms with E-state index >= 15 is 0 Å². The molecule has 2 heterocycles. The zero-order chi connectivity index (χ0) is 10.3. The number of rotatable bonds is 0. The Morgan fingerprint density at radius 2 is 2.00 bits per heavy atom. The Labute approximate surface area is 88.5 Å². The summed E-state index contributed by atoms with van der Waals surface area (Å²) in [6, 6.07) is 3.79. The normalized spacial score (nSPS) is 12.3. The van der Waals surface area contributed by atoms with E-state index in [0.717, 1.165) is 10.7 Å². The van der Waals surface area contributed by atoms with Crippen molar-refractivity contribution in [3.8, 4) is 0 Å². The zero-order valence-corrected chi connectivity index (χ0v) is 9.34. The Hall–Kier alpha value is -1.02. The molecule has 0 fully saturated rings. The number of pyridine rings is 1. The predicted octanol–water partition coefficient (Wildman–Crippen LogP) is 3.29. The quantitative estimate of drug-likeness (QED) is 0.650. The van der Waals surface area contributed by atoms with Gasteiger partial charge in [0.15, 0.2) is 0 Å². The molecule has 0 N–H and O–H groups in total. The molecule has 74 valence electrons. The maximum absolute atomic E-state index is 5.95. The minimum absolute atomic E-state index is 0.0874. The van der Waals surface area contributed by atoms with E-state index in [9.17, 15) is 0 Å². The van der Waals surface area contributed by atoms with Crippen molar-refractivity contribution in [2.45, 2.75) is 26.2 Å². The molecule has 3 heteroatoms. The zero-order valence-electron chi connectivity index (χ0n) is 8.58. The lowest BCUT2D eigenvalue weighted by Crippen LogP contribution is -2.13. The summed E-state index contributed by atoms with van der Waals surface area (Å²) in [5, 5.41) is 0.737. The predicted molar refractivity (Wildman–Crippen MR) is 58.9 cm³/mol. The molecular weight excluding hydrogens is 196 g/mol. The van der Waals surface area contributed by atoms with E-state index in [2.05, 4.69) is 25.8 Å². The molecule has 2 nitrogen and oxygen atoms in total. The molecule has 0 aromatic carbocycles. The fourth-order valence-electron chi connectivity index (χ4n) is 1.51. The first-order valence-corrected chi connectivity index (χ1v) is 4.99. The van der Waals surface area contributed by atoms with E-state index in [1.807, 2.05) is 28.9 Å². The Balaban J connectivity index is 2.73. The van der Waals surface area contributed by atoms with Crippen LogP contribution in [0, 0.1) is 0 Å². The second-order valence-electron chi connectivity index (χ2n) is 4.47. The molecule has 2 aromatic rings. The van der Waals surface area contributed by atoms with Crippen molar-refractivity contribution < 1.29 is 0 Å². The van der Waals surface area contributed by atoms with Crippen LogP contribution in [0.4, 0.5) is 0 Å². The first kappa shape index (κ1) is 9.53. The summed E-state index contributed by atoms with van der Waals surface area (Å²) in [7, 11) is 0. The van der Waals surface area contributed by atoms with Gasteiger partial charge in [0, 0.05) is 23.5 Å². The van der Waals surface area contributed by atoms with Crippen LogP contribution in [0.15, 0.2) is 24.5 Å². The highest BCUT2D eigenvalue weighted by atomic mass is 35.5. The van der Waals surface area contributed by atoms with Crippen molar-refractivity contribution in [2.75, 3.05) is 0 Å². The van der Waals surface area contributed by atoms with Crippen LogP contribution in [-0.4, -0.2) is 9.38 Å². The van der Waals surface area contributed by atoms with Crippen LogP contribution in [0.3, 0.4) is 0 Å². The van der Waals surface area contributed by atoms with Crippen LogP contribution in [0.2, 0.25) is 5.02 Å². The van der Waals surface area contributed by atoms with Crippen molar-refractivity contribution in [3.63, 3.8) is 0 Å². The number of halogens is 1. The summed E-state index contributed by atoms with van der Waals surface area (Å²) < 4.78 is 2.04. The first-order valence-electron chi connectivity index (χ1n) is 4.61. The maximum Gasteiger partial charge on any atom is 0.136 e. The summed E-state index contributed by atoms with van der Waals surface area (Å²) in [4.78, 5) is 4.33. The average Bonchev–Trinajstić information content (AvgIpc) is 2.45. The molecule has 0 unspecified atom stereocenters. The maximum atomic E-state index is 5.95. The summed E-state index contributed by atoms with van der Waals surface area (Å²) in [6.07, 6.45) is 3.82. The molecule has 0 aliphatic carbocycles. The Morgan fingerprint density at radius 1 is 1.29 bits per heavy atom. The summed E-state index contributed by atoms with van der Waals surface area (Å²) >= 11 is 5.95. The smallest absolute Gasteiger partial charge is 0.136 e. The summed E-state index contributed by atoms with van der Waals surface area (Å²) in [5.74, 6) is 0. The first-order chi connectivity index (χ1) is 6.48. The molecule has 0 saturated carbocycles. The third-order valence-corrected chi connectivity index (χ3v) is 2.46. The lowest BCUT2D eigenvalue weighted by Gasteiger charge is -2.17. The summed E-state index contributed by atoms with van der Waals surface area (Å²) in [6.45, 7) is 6.49. The van der Waals surface area contributed by atoms with Gasteiger partial charge in [-0.15, -0.1) is 0 Å². The number of fused-ring (bicyclic) bond motifs is 1. The molecule has 0 bridgehead atoms. The standard InChI is InChI=1S/C11H13ClN2/c1-11(2,3)9-6-13-10-5-4-8(12)7-14(9)10/h4-7H,1-3H3. The lowest BCUT2D eigenvalue weighted by atomic mass is 9.93. The van der Waals surface area contributed by atoms with E-state index in [0.29, 0.717) is 0 Å². The van der Waals surface area contributed by atoms with E-state index in [1.54, 1.807) is 0 Å². The van der Waals surface area contributed by atoms with Gasteiger partial charge in [-0.3, -0.25) is 0 Å². The Morgan fingerprint density at radius 3 is 2.64 bits per heavy atom. The largest absolute Gasteiger partial charge is 0.302 e. The average molecular weight is 209 g/mol. The van der Waals surface area contributed by atoms with Crippen molar-refractivity contribution in [3.05, 3.63) is 35.2 Å². The van der Waals surface area contributed by atoms with Gasteiger partial charge in [0.25, 0.3) is 0 Å². The fourth-order valence-corrected chi connectivity index (χ4v) is 1.67. The van der Waals surface area contributed by atoms with E-state index < -0.39 is 0 Å². The minimum atomic E-state index is 0.0874. The van der Waals surface area contributed by atoms with E-state index in [1.165, 1.54) is 5.69 Å². The van der Waals surface area contributed by atoms with Gasteiger partial charge in [0.2, 0.25) is 0 Å². The highest BCUT2D eigenvalue weighted by molar-refractivity contribution is 6.30. The highest BCUT2D eigenvalue weighted by Crippen LogP contribution is 2.24. The molecule has 0 amide bonds. The van der Waals surface area contributed by atoms with Gasteiger partial charge >= 0.3 is 0 Å². The molecule has 0 spiro atoms. The number of hydrogen-bond acceptors (Lipinski definition) is 1. The van der Waals surface area contributed by atoms with E-state index in [4.69, 9.17) is 11.6 Å². The van der Waals surface area contributed by atoms with Crippen molar-refractivity contribution in [2.24, 2.45) is 0 Å². The molecule has 0 atom stereocenters. The molecule has 0 saturated heterocycles. The van der Waals surface area contributed by atoms with Crippen LogP contribution in [0.25, 0.3) is 5.65 Å². The molecular formula is C11H13ClN2. The van der Waals surface area contributed by atoms with Gasteiger partial charge in [0.05, 0.1) is 5.02 Å². The SMILES string of the molecule is CC(C)(C)c1cnc2ccc(Cl)cn12. The minimum Gasteiger partial charge on any atom is -0.302 e. The number of nitrogens with zero attached hydrogens (tertiary/aromatic N) is 2. The molecule has 0 aliphatic heterocycles. The third kappa shape index (κ3) is 1.50. The number of hydrogen-bond donors (Lipinski definition) is 0. The lowest BCUT2D eigenvalue weighted by molar-refractivity contribution is 0.563.